The number of thiazole rings is 1. The number of rotatable bonds is 1. The van der Waals surface area contributed by atoms with Crippen molar-refractivity contribution in [3.63, 3.8) is 0 Å². The van der Waals surface area contributed by atoms with E-state index < -0.39 is 0 Å². The van der Waals surface area contributed by atoms with E-state index in [0.717, 1.165) is 10.6 Å². The Morgan fingerprint density at radius 1 is 0.686 bits per heavy atom. The van der Waals surface area contributed by atoms with Crippen LogP contribution in [-0.4, -0.2) is 9.55 Å². The van der Waals surface area contributed by atoms with Gasteiger partial charge in [0.15, 0.2) is 5.13 Å². The number of fused-ring (bicyclic) bond motifs is 9. The van der Waals surface area contributed by atoms with Crippen molar-refractivity contribution in [1.82, 2.24) is 9.55 Å². The molecule has 0 unspecified atom stereocenters. The Morgan fingerprint density at radius 2 is 1.49 bits per heavy atom. The van der Waals surface area contributed by atoms with Crippen LogP contribution in [0.1, 0.15) is 25.0 Å². The summed E-state index contributed by atoms with van der Waals surface area (Å²) < 4.78 is 3.57. The van der Waals surface area contributed by atoms with Gasteiger partial charge < -0.3 is 0 Å². The summed E-state index contributed by atoms with van der Waals surface area (Å²) in [5.41, 5.74) is 9.03. The molecule has 0 radical (unpaired) electrons. The van der Waals surface area contributed by atoms with Crippen molar-refractivity contribution in [3.8, 4) is 16.3 Å². The minimum absolute atomic E-state index is 0.00515. The van der Waals surface area contributed by atoms with Crippen molar-refractivity contribution in [2.45, 2.75) is 19.3 Å². The highest BCUT2D eigenvalue weighted by molar-refractivity contribution is 7.20. The molecule has 0 amide bonds. The van der Waals surface area contributed by atoms with Gasteiger partial charge in [0.05, 0.1) is 21.3 Å². The average Bonchev–Trinajstić information content (AvgIpc) is 3.51. The standard InChI is InChI=1S/C32H22N2S/c1-32(2)24-11-5-3-10-21(24)30-22-18-28-23(17-19(22)15-16-25(30)32)20-9-4-7-13-27(20)34(28)31-33-26-12-6-8-14-29(26)35-31/h3-18H,1-2H3. The van der Waals surface area contributed by atoms with E-state index in [1.165, 1.54) is 59.5 Å². The van der Waals surface area contributed by atoms with Crippen LogP contribution in [0.2, 0.25) is 0 Å². The molecule has 0 fully saturated rings. The Morgan fingerprint density at radius 3 is 2.40 bits per heavy atom. The first-order valence-corrected chi connectivity index (χ1v) is 12.9. The zero-order valence-corrected chi connectivity index (χ0v) is 20.4. The summed E-state index contributed by atoms with van der Waals surface area (Å²) in [6.07, 6.45) is 0. The summed E-state index contributed by atoms with van der Waals surface area (Å²) in [5.74, 6) is 0. The fourth-order valence-electron chi connectivity index (χ4n) is 6.15. The van der Waals surface area contributed by atoms with E-state index >= 15 is 0 Å². The monoisotopic (exact) mass is 466 g/mol. The van der Waals surface area contributed by atoms with Crippen LogP contribution in [0.3, 0.4) is 0 Å². The maximum atomic E-state index is 5.05. The normalized spacial score (nSPS) is 14.2. The van der Waals surface area contributed by atoms with Crippen LogP contribution in [0.15, 0.2) is 97.1 Å². The maximum Gasteiger partial charge on any atom is 0.195 e. The van der Waals surface area contributed by atoms with Gasteiger partial charge in [0.2, 0.25) is 0 Å². The van der Waals surface area contributed by atoms with E-state index in [1.54, 1.807) is 11.3 Å². The summed E-state index contributed by atoms with van der Waals surface area (Å²) in [4.78, 5) is 5.05. The molecule has 166 valence electrons. The van der Waals surface area contributed by atoms with Crippen LogP contribution < -0.4 is 0 Å². The predicted molar refractivity (Wildman–Crippen MR) is 149 cm³/mol. The molecule has 2 nitrogen and oxygen atoms in total. The Balaban J connectivity index is 1.54. The number of hydrogen-bond donors (Lipinski definition) is 0. The third-order valence-corrected chi connectivity index (χ3v) is 8.85. The quantitative estimate of drug-likeness (QED) is 0.236. The minimum atomic E-state index is -0.00515. The van der Waals surface area contributed by atoms with E-state index in [4.69, 9.17) is 4.98 Å². The van der Waals surface area contributed by atoms with Crippen molar-refractivity contribution in [2.24, 2.45) is 0 Å². The molecule has 2 heterocycles. The van der Waals surface area contributed by atoms with Crippen molar-refractivity contribution in [1.29, 1.82) is 0 Å². The lowest BCUT2D eigenvalue weighted by Gasteiger charge is -2.21. The van der Waals surface area contributed by atoms with Gasteiger partial charge in [-0.2, -0.15) is 0 Å². The molecule has 0 N–H and O–H groups in total. The van der Waals surface area contributed by atoms with E-state index in [9.17, 15) is 0 Å². The second-order valence-electron chi connectivity index (χ2n) is 10.1. The van der Waals surface area contributed by atoms with Crippen LogP contribution in [-0.2, 0) is 5.41 Å². The summed E-state index contributed by atoms with van der Waals surface area (Å²) in [5, 5.41) is 6.17. The first-order valence-electron chi connectivity index (χ1n) is 12.1. The first-order chi connectivity index (χ1) is 17.1. The lowest BCUT2D eigenvalue weighted by Crippen LogP contribution is -2.14. The van der Waals surface area contributed by atoms with Crippen molar-refractivity contribution in [3.05, 3.63) is 108 Å². The zero-order valence-electron chi connectivity index (χ0n) is 19.5. The molecule has 0 bridgehead atoms. The molecule has 8 rings (SSSR count). The molecule has 1 aliphatic rings. The van der Waals surface area contributed by atoms with Gasteiger partial charge in [0, 0.05) is 16.2 Å². The number of nitrogens with zero attached hydrogens (tertiary/aromatic N) is 2. The highest BCUT2D eigenvalue weighted by atomic mass is 32.1. The second kappa shape index (κ2) is 6.59. The highest BCUT2D eigenvalue weighted by Crippen LogP contribution is 2.52. The lowest BCUT2D eigenvalue weighted by molar-refractivity contribution is 0.661. The maximum absolute atomic E-state index is 5.05. The average molecular weight is 467 g/mol. The smallest absolute Gasteiger partial charge is 0.195 e. The Hall–Kier alpha value is -3.95. The van der Waals surface area contributed by atoms with E-state index in [2.05, 4.69) is 115 Å². The van der Waals surface area contributed by atoms with Crippen molar-refractivity contribution >= 4 is 54.1 Å². The second-order valence-corrected chi connectivity index (χ2v) is 11.1. The Kier molecular flexibility index (Phi) is 3.64. The fourth-order valence-corrected chi connectivity index (χ4v) is 7.15. The van der Waals surface area contributed by atoms with Crippen molar-refractivity contribution in [2.75, 3.05) is 0 Å². The highest BCUT2D eigenvalue weighted by Gasteiger charge is 2.36. The molecule has 1 aliphatic carbocycles. The summed E-state index contributed by atoms with van der Waals surface area (Å²) in [6, 6.07) is 35.5. The van der Waals surface area contributed by atoms with Gasteiger partial charge in [0.1, 0.15) is 0 Å². The van der Waals surface area contributed by atoms with Crippen LogP contribution in [0.4, 0.5) is 0 Å². The van der Waals surface area contributed by atoms with Gasteiger partial charge in [0.25, 0.3) is 0 Å². The molecule has 7 aromatic rings. The van der Waals surface area contributed by atoms with Gasteiger partial charge >= 0.3 is 0 Å². The molecular weight excluding hydrogens is 444 g/mol. The van der Waals surface area contributed by atoms with Crippen LogP contribution >= 0.6 is 11.3 Å². The van der Waals surface area contributed by atoms with E-state index in [-0.39, 0.29) is 5.41 Å². The number of aromatic nitrogens is 2. The van der Waals surface area contributed by atoms with Gasteiger partial charge in [-0.05, 0) is 63.4 Å². The van der Waals surface area contributed by atoms with E-state index in [1.807, 2.05) is 0 Å². The summed E-state index contributed by atoms with van der Waals surface area (Å²) in [6.45, 7) is 4.69. The van der Waals surface area contributed by atoms with Gasteiger partial charge in [-0.1, -0.05) is 91.9 Å². The summed E-state index contributed by atoms with van der Waals surface area (Å²) in [7, 11) is 0. The van der Waals surface area contributed by atoms with Crippen molar-refractivity contribution < 1.29 is 0 Å². The van der Waals surface area contributed by atoms with Crippen LogP contribution in [0, 0.1) is 0 Å². The molecular formula is C32H22N2S. The van der Waals surface area contributed by atoms with Crippen LogP contribution in [0.25, 0.3) is 59.1 Å². The number of hydrogen-bond acceptors (Lipinski definition) is 2. The summed E-state index contributed by atoms with van der Waals surface area (Å²) >= 11 is 1.76. The molecule has 0 atom stereocenters. The molecule has 3 heteroatoms. The SMILES string of the molecule is CC1(C)c2ccccc2-c2c1ccc1cc3c4ccccc4n(-c4nc5ccccc5s4)c3cc21. The lowest BCUT2D eigenvalue weighted by atomic mass is 9.82. The topological polar surface area (TPSA) is 17.8 Å². The first kappa shape index (κ1) is 19.4. The Bertz CT molecular complexity index is 1950. The predicted octanol–water partition coefficient (Wildman–Crippen LogP) is 8.85. The molecule has 0 aliphatic heterocycles. The van der Waals surface area contributed by atoms with Gasteiger partial charge in [-0.25, -0.2) is 4.98 Å². The third kappa shape index (κ3) is 2.46. The molecule has 0 saturated carbocycles. The van der Waals surface area contributed by atoms with Crippen LogP contribution in [0.5, 0.6) is 0 Å². The largest absolute Gasteiger partial charge is 0.285 e. The molecule has 35 heavy (non-hydrogen) atoms. The third-order valence-electron chi connectivity index (χ3n) is 7.83. The van der Waals surface area contributed by atoms with E-state index in [0.29, 0.717) is 0 Å². The fraction of sp³-hybridized carbons (Fsp3) is 0.0938. The number of para-hydroxylation sites is 2. The molecule has 0 spiro atoms. The molecule has 0 saturated heterocycles. The zero-order chi connectivity index (χ0) is 23.3. The molecule has 5 aromatic carbocycles. The van der Waals surface area contributed by atoms with Gasteiger partial charge in [-0.15, -0.1) is 0 Å². The number of benzene rings is 5. The van der Waals surface area contributed by atoms with Gasteiger partial charge in [-0.3, -0.25) is 4.57 Å². The minimum Gasteiger partial charge on any atom is -0.285 e. The molecule has 2 aromatic heterocycles. The Labute approximate surface area is 207 Å².